The van der Waals surface area contributed by atoms with Gasteiger partial charge in [-0.15, -0.1) is 0 Å². The molecule has 1 unspecified atom stereocenters. The van der Waals surface area contributed by atoms with Gasteiger partial charge in [-0.2, -0.15) is 0 Å². The molecule has 1 N–H and O–H groups in total. The Kier molecular flexibility index (Phi) is 4.71. The second-order valence-corrected chi connectivity index (χ2v) is 5.84. The zero-order valence-corrected chi connectivity index (χ0v) is 13.8. The lowest BCUT2D eigenvalue weighted by Gasteiger charge is -2.29. The van der Waals surface area contributed by atoms with E-state index in [-0.39, 0.29) is 0 Å². The van der Waals surface area contributed by atoms with E-state index in [1.807, 2.05) is 24.7 Å². The van der Waals surface area contributed by atoms with E-state index in [2.05, 4.69) is 14.5 Å². The highest BCUT2D eigenvalue weighted by atomic mass is 16.5. The Morgan fingerprint density at radius 3 is 3.00 bits per heavy atom. The third-order valence-electron chi connectivity index (χ3n) is 4.16. The fourth-order valence-corrected chi connectivity index (χ4v) is 2.82. The second-order valence-electron chi connectivity index (χ2n) is 5.84. The Balaban J connectivity index is 1.81. The van der Waals surface area contributed by atoms with Crippen molar-refractivity contribution in [1.29, 1.82) is 0 Å². The number of ether oxygens (including phenoxy) is 2. The molecule has 1 aliphatic heterocycles. The number of carbonyl (C=O) groups is 1. The smallest absolute Gasteiger partial charge is 0.344 e. The van der Waals surface area contributed by atoms with E-state index in [9.17, 15) is 4.79 Å². The fraction of sp³-hybridized carbons (Fsp3) is 0.412. The number of hydrogen-bond donors (Lipinski definition) is 1. The number of benzene rings is 1. The quantitative estimate of drug-likeness (QED) is 0.869. The zero-order valence-electron chi connectivity index (χ0n) is 13.8. The van der Waals surface area contributed by atoms with Crippen molar-refractivity contribution in [1.82, 2.24) is 14.5 Å². The van der Waals surface area contributed by atoms with Gasteiger partial charge in [0.05, 0.1) is 19.1 Å². The molecule has 1 aromatic carbocycles. The van der Waals surface area contributed by atoms with Crippen LogP contribution in [0.15, 0.2) is 30.7 Å². The molecule has 1 aliphatic rings. The maximum atomic E-state index is 11.1. The molecule has 3 rings (SSSR count). The number of aromatic nitrogens is 2. The number of carboxylic acids is 1. The van der Waals surface area contributed by atoms with Crippen molar-refractivity contribution in [3.05, 3.63) is 42.0 Å². The summed E-state index contributed by atoms with van der Waals surface area (Å²) in [6, 6.07) is 5.61. The van der Waals surface area contributed by atoms with Crippen molar-refractivity contribution in [2.75, 3.05) is 13.7 Å². The van der Waals surface area contributed by atoms with Crippen LogP contribution >= 0.6 is 0 Å². The summed E-state index contributed by atoms with van der Waals surface area (Å²) in [5.74, 6) is 0.0327. The Bertz CT molecular complexity index is 728. The first-order chi connectivity index (χ1) is 11.6. The highest BCUT2D eigenvalue weighted by Crippen LogP contribution is 2.33. The maximum Gasteiger partial charge on any atom is 0.344 e. The van der Waals surface area contributed by atoms with Gasteiger partial charge in [-0.25, -0.2) is 9.78 Å². The minimum atomic E-state index is -1.01. The van der Waals surface area contributed by atoms with Gasteiger partial charge in [0.1, 0.15) is 0 Å². The van der Waals surface area contributed by atoms with Crippen molar-refractivity contribution < 1.29 is 19.4 Å². The molecule has 1 aromatic heterocycles. The Hall–Kier alpha value is -2.54. The van der Waals surface area contributed by atoms with Gasteiger partial charge < -0.3 is 19.1 Å². The SMILES string of the molecule is COc1cccc(CN2CCn3cncc3C2)c1OC(C)C(=O)O. The number of methoxy groups -OCH3 is 1. The first kappa shape index (κ1) is 16.3. The Labute approximate surface area is 140 Å². The van der Waals surface area contributed by atoms with Gasteiger partial charge in [0.2, 0.25) is 0 Å². The summed E-state index contributed by atoms with van der Waals surface area (Å²) in [6.07, 6.45) is 2.78. The monoisotopic (exact) mass is 331 g/mol. The first-order valence-electron chi connectivity index (χ1n) is 7.85. The van der Waals surface area contributed by atoms with E-state index in [0.717, 1.165) is 25.2 Å². The fourth-order valence-electron chi connectivity index (χ4n) is 2.82. The van der Waals surface area contributed by atoms with Gasteiger partial charge in [0.15, 0.2) is 17.6 Å². The number of imidazole rings is 1. The van der Waals surface area contributed by atoms with E-state index in [1.54, 1.807) is 13.2 Å². The van der Waals surface area contributed by atoms with Crippen LogP contribution in [0.25, 0.3) is 0 Å². The molecular weight excluding hydrogens is 310 g/mol. The molecule has 0 saturated heterocycles. The topological polar surface area (TPSA) is 76.8 Å². The average molecular weight is 331 g/mol. The van der Waals surface area contributed by atoms with Crippen LogP contribution in [0.3, 0.4) is 0 Å². The maximum absolute atomic E-state index is 11.1. The average Bonchev–Trinajstić information content (AvgIpc) is 3.03. The van der Waals surface area contributed by atoms with Crippen LogP contribution in [0.1, 0.15) is 18.2 Å². The number of fused-ring (bicyclic) bond motifs is 1. The Morgan fingerprint density at radius 2 is 2.25 bits per heavy atom. The largest absolute Gasteiger partial charge is 0.493 e. The summed E-state index contributed by atoms with van der Waals surface area (Å²) in [4.78, 5) is 17.6. The third kappa shape index (κ3) is 3.35. The summed E-state index contributed by atoms with van der Waals surface area (Å²) in [7, 11) is 1.55. The van der Waals surface area contributed by atoms with Gasteiger partial charge in [0, 0.05) is 37.9 Å². The number of aliphatic carboxylic acids is 1. The van der Waals surface area contributed by atoms with Gasteiger partial charge in [-0.3, -0.25) is 4.90 Å². The summed E-state index contributed by atoms with van der Waals surface area (Å²) in [5, 5.41) is 9.12. The zero-order chi connectivity index (χ0) is 17.1. The minimum absolute atomic E-state index is 0.494. The molecule has 1 atom stereocenters. The van der Waals surface area contributed by atoms with Crippen molar-refractivity contribution >= 4 is 5.97 Å². The molecule has 2 aromatic rings. The highest BCUT2D eigenvalue weighted by molar-refractivity contribution is 5.72. The standard InChI is InChI=1S/C17H21N3O4/c1-12(17(21)22)24-16-13(4-3-5-15(16)23-2)9-19-6-7-20-11-18-8-14(20)10-19/h3-5,8,11-12H,6-7,9-10H2,1-2H3,(H,21,22). The van der Waals surface area contributed by atoms with Gasteiger partial charge in [-0.05, 0) is 13.0 Å². The van der Waals surface area contributed by atoms with Gasteiger partial charge in [0.25, 0.3) is 0 Å². The first-order valence-corrected chi connectivity index (χ1v) is 7.85. The van der Waals surface area contributed by atoms with Crippen LogP contribution in [0, 0.1) is 0 Å². The van der Waals surface area contributed by atoms with Crippen molar-refractivity contribution in [3.63, 3.8) is 0 Å². The molecule has 0 aliphatic carbocycles. The second kappa shape index (κ2) is 6.92. The van der Waals surface area contributed by atoms with Crippen LogP contribution in [0.4, 0.5) is 0 Å². The predicted octanol–water partition coefficient (Wildman–Crippen LogP) is 1.76. The van der Waals surface area contributed by atoms with Crippen LogP contribution in [0.2, 0.25) is 0 Å². The normalized spacial score (nSPS) is 15.6. The van der Waals surface area contributed by atoms with Crippen LogP contribution in [0.5, 0.6) is 11.5 Å². The summed E-state index contributed by atoms with van der Waals surface area (Å²) < 4.78 is 13.2. The Morgan fingerprint density at radius 1 is 1.42 bits per heavy atom. The molecule has 0 amide bonds. The third-order valence-corrected chi connectivity index (χ3v) is 4.16. The van der Waals surface area contributed by atoms with E-state index in [4.69, 9.17) is 14.6 Å². The summed E-state index contributed by atoms with van der Waals surface area (Å²) >= 11 is 0. The molecule has 0 bridgehead atoms. The van der Waals surface area contributed by atoms with Crippen LogP contribution in [-0.2, 0) is 24.4 Å². The molecule has 2 heterocycles. The van der Waals surface area contributed by atoms with Crippen LogP contribution < -0.4 is 9.47 Å². The molecular formula is C17H21N3O4. The molecule has 7 heteroatoms. The lowest BCUT2D eigenvalue weighted by atomic mass is 10.1. The number of hydrogen-bond acceptors (Lipinski definition) is 5. The molecule has 0 spiro atoms. The van der Waals surface area contributed by atoms with E-state index >= 15 is 0 Å². The highest BCUT2D eigenvalue weighted by Gasteiger charge is 2.22. The molecule has 128 valence electrons. The van der Waals surface area contributed by atoms with Crippen LogP contribution in [-0.4, -0.2) is 45.3 Å². The van der Waals surface area contributed by atoms with Gasteiger partial charge >= 0.3 is 5.97 Å². The number of carboxylic acid groups (broad SMARTS) is 1. The van der Waals surface area contributed by atoms with Crippen molar-refractivity contribution in [2.24, 2.45) is 0 Å². The van der Waals surface area contributed by atoms with E-state index in [0.29, 0.717) is 18.0 Å². The molecule has 0 radical (unpaired) electrons. The summed E-state index contributed by atoms with van der Waals surface area (Å²) in [5.41, 5.74) is 2.08. The molecule has 7 nitrogen and oxygen atoms in total. The van der Waals surface area contributed by atoms with Crippen molar-refractivity contribution in [2.45, 2.75) is 32.7 Å². The van der Waals surface area contributed by atoms with E-state index < -0.39 is 12.1 Å². The van der Waals surface area contributed by atoms with Gasteiger partial charge in [-0.1, -0.05) is 12.1 Å². The lowest BCUT2D eigenvalue weighted by Crippen LogP contribution is -2.33. The predicted molar refractivity (Wildman–Crippen MR) is 87.1 cm³/mol. The molecule has 0 fully saturated rings. The number of para-hydroxylation sites is 1. The van der Waals surface area contributed by atoms with Crippen molar-refractivity contribution in [3.8, 4) is 11.5 Å². The minimum Gasteiger partial charge on any atom is -0.493 e. The number of nitrogens with zero attached hydrogens (tertiary/aromatic N) is 3. The van der Waals surface area contributed by atoms with E-state index in [1.165, 1.54) is 12.6 Å². The number of rotatable bonds is 6. The molecule has 0 saturated carbocycles. The lowest BCUT2D eigenvalue weighted by molar-refractivity contribution is -0.144. The molecule has 24 heavy (non-hydrogen) atoms. The summed E-state index contributed by atoms with van der Waals surface area (Å²) in [6.45, 7) is 4.75.